The minimum atomic E-state index is -0.323. The second kappa shape index (κ2) is 7.17. The number of fused-ring (bicyclic) bond motifs is 2. The van der Waals surface area contributed by atoms with E-state index in [0.717, 1.165) is 35.8 Å². The van der Waals surface area contributed by atoms with Gasteiger partial charge in [-0.3, -0.25) is 0 Å². The van der Waals surface area contributed by atoms with E-state index in [1.165, 1.54) is 23.3 Å². The van der Waals surface area contributed by atoms with Crippen molar-refractivity contribution in [2.75, 3.05) is 0 Å². The molecule has 3 aromatic rings. The molecule has 0 saturated carbocycles. The van der Waals surface area contributed by atoms with Crippen molar-refractivity contribution in [3.05, 3.63) is 81.0 Å². The van der Waals surface area contributed by atoms with E-state index in [1.807, 2.05) is 18.2 Å². The second-order valence-corrected chi connectivity index (χ2v) is 8.79. The molecule has 4 heteroatoms. The Morgan fingerprint density at radius 1 is 1.07 bits per heavy atom. The fourth-order valence-electron chi connectivity index (χ4n) is 4.23. The first kappa shape index (κ1) is 18.9. The largest absolute Gasteiger partial charge is 0.423 e. The van der Waals surface area contributed by atoms with Crippen molar-refractivity contribution in [2.45, 2.75) is 52.6 Å². The topological polar surface area (TPSA) is 42.2 Å². The molecule has 0 radical (unpaired) electrons. The highest BCUT2D eigenvalue weighted by Crippen LogP contribution is 2.34. The van der Waals surface area contributed by atoms with Crippen LogP contribution < -0.4 is 10.9 Å². The molecule has 0 amide bonds. The molecule has 1 aromatic heterocycles. The molecule has 0 fully saturated rings. The van der Waals surface area contributed by atoms with Crippen molar-refractivity contribution in [1.29, 1.82) is 0 Å². The van der Waals surface area contributed by atoms with Crippen molar-refractivity contribution < 1.29 is 8.81 Å². The monoisotopic (exact) mass is 379 g/mol. The Kier molecular flexibility index (Phi) is 4.84. The van der Waals surface area contributed by atoms with Crippen LogP contribution >= 0.6 is 0 Å². The summed E-state index contributed by atoms with van der Waals surface area (Å²) in [6, 6.07) is 12.4. The Morgan fingerprint density at radius 2 is 1.75 bits per heavy atom. The molecule has 0 aliphatic heterocycles. The molecule has 1 heterocycles. The summed E-state index contributed by atoms with van der Waals surface area (Å²) < 4.78 is 18.8. The van der Waals surface area contributed by atoms with Crippen LogP contribution in [0, 0.1) is 11.2 Å². The molecule has 0 bridgehead atoms. The van der Waals surface area contributed by atoms with E-state index in [2.05, 4.69) is 32.2 Å². The highest BCUT2D eigenvalue weighted by molar-refractivity contribution is 5.82. The van der Waals surface area contributed by atoms with E-state index in [0.29, 0.717) is 12.1 Å². The molecular weight excluding hydrogens is 353 g/mol. The molecule has 4 rings (SSSR count). The number of nitrogens with one attached hydrogen (secondary N) is 1. The van der Waals surface area contributed by atoms with Crippen molar-refractivity contribution in [3.63, 3.8) is 0 Å². The van der Waals surface area contributed by atoms with Gasteiger partial charge in [0.05, 0.1) is 0 Å². The van der Waals surface area contributed by atoms with Gasteiger partial charge in [0, 0.05) is 24.0 Å². The maximum absolute atomic E-state index is 13.4. The van der Waals surface area contributed by atoms with Crippen LogP contribution in [0.15, 0.2) is 51.7 Å². The highest BCUT2D eigenvalue weighted by Gasteiger charge is 2.26. The maximum atomic E-state index is 13.4. The van der Waals surface area contributed by atoms with Gasteiger partial charge in [-0.05, 0) is 71.2 Å². The fraction of sp³-hybridized carbons (Fsp3) is 0.375. The van der Waals surface area contributed by atoms with E-state index < -0.39 is 0 Å². The van der Waals surface area contributed by atoms with Crippen LogP contribution in [0.3, 0.4) is 0 Å². The Morgan fingerprint density at radius 3 is 2.43 bits per heavy atom. The maximum Gasteiger partial charge on any atom is 0.336 e. The van der Waals surface area contributed by atoms with Crippen LogP contribution in [-0.2, 0) is 19.4 Å². The van der Waals surface area contributed by atoms with Gasteiger partial charge < -0.3 is 9.73 Å². The van der Waals surface area contributed by atoms with E-state index >= 15 is 0 Å². The van der Waals surface area contributed by atoms with Gasteiger partial charge in [0.1, 0.15) is 11.4 Å². The lowest BCUT2D eigenvalue weighted by molar-refractivity contribution is 0.271. The van der Waals surface area contributed by atoms with E-state index in [9.17, 15) is 9.18 Å². The Hall–Kier alpha value is -2.46. The van der Waals surface area contributed by atoms with Crippen molar-refractivity contribution >= 4 is 11.0 Å². The lowest BCUT2D eigenvalue weighted by Gasteiger charge is -2.32. The van der Waals surface area contributed by atoms with Gasteiger partial charge >= 0.3 is 5.63 Å². The lowest BCUT2D eigenvalue weighted by atomic mass is 9.82. The first-order valence-corrected chi connectivity index (χ1v) is 9.89. The van der Waals surface area contributed by atoms with E-state index in [1.54, 1.807) is 6.07 Å². The van der Waals surface area contributed by atoms with Crippen LogP contribution in [0.2, 0.25) is 0 Å². The molecule has 1 aliphatic rings. The average Bonchev–Trinajstić information content (AvgIpc) is 3.07. The highest BCUT2D eigenvalue weighted by atomic mass is 19.1. The molecule has 1 aliphatic carbocycles. The molecule has 0 spiro atoms. The van der Waals surface area contributed by atoms with Gasteiger partial charge in [-0.1, -0.05) is 32.9 Å². The summed E-state index contributed by atoms with van der Waals surface area (Å²) in [6.45, 7) is 7.00. The van der Waals surface area contributed by atoms with Crippen LogP contribution in [0.1, 0.15) is 55.5 Å². The van der Waals surface area contributed by atoms with Crippen molar-refractivity contribution in [1.82, 2.24) is 5.32 Å². The quantitative estimate of drug-likeness (QED) is 0.626. The molecule has 1 N–H and O–H groups in total. The molecule has 28 heavy (non-hydrogen) atoms. The third-order valence-electron chi connectivity index (χ3n) is 5.61. The van der Waals surface area contributed by atoms with Gasteiger partial charge in [-0.15, -0.1) is 0 Å². The number of halogens is 1. The van der Waals surface area contributed by atoms with Gasteiger partial charge in [0.15, 0.2) is 0 Å². The zero-order chi connectivity index (χ0) is 19.9. The predicted molar refractivity (Wildman–Crippen MR) is 110 cm³/mol. The summed E-state index contributed by atoms with van der Waals surface area (Å²) in [5.74, 6) is -0.239. The van der Waals surface area contributed by atoms with E-state index in [4.69, 9.17) is 4.42 Å². The minimum Gasteiger partial charge on any atom is -0.423 e. The Balaban J connectivity index is 1.68. The number of hydrogen-bond acceptors (Lipinski definition) is 3. The lowest BCUT2D eigenvalue weighted by Crippen LogP contribution is -2.32. The third-order valence-corrected chi connectivity index (χ3v) is 5.61. The summed E-state index contributed by atoms with van der Waals surface area (Å²) in [6.07, 6.45) is 3.28. The Labute approximate surface area is 164 Å². The third kappa shape index (κ3) is 3.74. The van der Waals surface area contributed by atoms with Crippen LogP contribution in [0.25, 0.3) is 11.0 Å². The number of aryl methyl sites for hydroxylation is 2. The minimum absolute atomic E-state index is 0.0184. The zero-order valence-corrected chi connectivity index (χ0v) is 16.6. The average molecular weight is 379 g/mol. The van der Waals surface area contributed by atoms with Gasteiger partial charge in [-0.25, -0.2) is 9.18 Å². The smallest absolute Gasteiger partial charge is 0.336 e. The molecule has 3 nitrogen and oxygen atoms in total. The van der Waals surface area contributed by atoms with Gasteiger partial charge in [0.2, 0.25) is 0 Å². The first-order valence-electron chi connectivity index (χ1n) is 9.89. The second-order valence-electron chi connectivity index (χ2n) is 8.79. The molecular formula is C24H26FNO2. The first-order chi connectivity index (χ1) is 13.3. The van der Waals surface area contributed by atoms with Gasteiger partial charge in [-0.2, -0.15) is 0 Å². The Bertz CT molecular complexity index is 1060. The summed E-state index contributed by atoms with van der Waals surface area (Å²) in [7, 11) is 0. The number of hydrogen-bond donors (Lipinski definition) is 1. The normalized spacial score (nSPS) is 15.0. The van der Waals surface area contributed by atoms with E-state index in [-0.39, 0.29) is 22.9 Å². The fourth-order valence-corrected chi connectivity index (χ4v) is 4.23. The molecule has 0 saturated heterocycles. The molecule has 146 valence electrons. The van der Waals surface area contributed by atoms with Crippen molar-refractivity contribution in [2.24, 2.45) is 5.41 Å². The van der Waals surface area contributed by atoms with Crippen LogP contribution in [-0.4, -0.2) is 0 Å². The summed E-state index contributed by atoms with van der Waals surface area (Å²) in [5.41, 5.74) is 4.89. The van der Waals surface area contributed by atoms with Gasteiger partial charge in [0.25, 0.3) is 0 Å². The number of benzene rings is 2. The SMILES string of the molecule is CC(C)(C)C(NCc1cc(=O)oc2cc3c(cc12)CCC3)c1ccc(F)cc1. The molecule has 2 aromatic carbocycles. The summed E-state index contributed by atoms with van der Waals surface area (Å²) in [5, 5.41) is 4.60. The number of rotatable bonds is 4. The summed E-state index contributed by atoms with van der Waals surface area (Å²) >= 11 is 0. The van der Waals surface area contributed by atoms with Crippen molar-refractivity contribution in [3.8, 4) is 0 Å². The predicted octanol–water partition coefficient (Wildman–Crippen LogP) is 5.30. The standard InChI is InChI=1S/C24H26FNO2/c1-24(2,3)23(15-7-9-19(25)10-8-15)26-14-18-13-22(27)28-21-12-17-6-4-5-16(17)11-20(18)21/h7-13,23,26H,4-6,14H2,1-3H3. The van der Waals surface area contributed by atoms with Crippen LogP contribution in [0.5, 0.6) is 0 Å². The molecule has 1 unspecified atom stereocenters. The summed E-state index contributed by atoms with van der Waals surface area (Å²) in [4.78, 5) is 12.1. The molecule has 1 atom stereocenters. The van der Waals surface area contributed by atoms with Crippen LogP contribution in [0.4, 0.5) is 4.39 Å². The zero-order valence-electron chi connectivity index (χ0n) is 16.6.